The number of amides is 1. The first-order valence-corrected chi connectivity index (χ1v) is 8.54. The lowest BCUT2D eigenvalue weighted by molar-refractivity contribution is -0.130. The van der Waals surface area contributed by atoms with Crippen LogP contribution in [0.2, 0.25) is 0 Å². The number of sulfonamides is 1. The van der Waals surface area contributed by atoms with Gasteiger partial charge < -0.3 is 10.1 Å². The third kappa shape index (κ3) is 4.80. The van der Waals surface area contributed by atoms with Gasteiger partial charge in [0.05, 0.1) is 5.75 Å². The third-order valence-corrected chi connectivity index (χ3v) is 4.71. The molecule has 1 fully saturated rings. The van der Waals surface area contributed by atoms with Gasteiger partial charge in [0.1, 0.15) is 6.10 Å². The molecule has 7 heteroatoms. The molecule has 2 N–H and O–H groups in total. The topological polar surface area (TPSA) is 84.5 Å². The van der Waals surface area contributed by atoms with Gasteiger partial charge in [-0.3, -0.25) is 4.79 Å². The van der Waals surface area contributed by atoms with E-state index in [0.717, 1.165) is 18.4 Å². The van der Waals surface area contributed by atoms with Crippen LogP contribution >= 0.6 is 0 Å². The predicted octanol–water partition coefficient (Wildman–Crippen LogP) is 0.531. The fraction of sp³-hybridized carbons (Fsp3) is 0.500. The number of hydrogen-bond acceptors (Lipinski definition) is 4. The van der Waals surface area contributed by atoms with E-state index in [9.17, 15) is 13.2 Å². The lowest BCUT2D eigenvalue weighted by atomic mass is 10.1. The van der Waals surface area contributed by atoms with Crippen molar-refractivity contribution in [1.29, 1.82) is 0 Å². The van der Waals surface area contributed by atoms with Gasteiger partial charge in [0.2, 0.25) is 15.9 Å². The highest BCUT2D eigenvalue weighted by Gasteiger charge is 2.22. The van der Waals surface area contributed by atoms with Gasteiger partial charge in [0.25, 0.3) is 0 Å². The van der Waals surface area contributed by atoms with Crippen molar-refractivity contribution in [3.63, 3.8) is 0 Å². The van der Waals surface area contributed by atoms with Crippen molar-refractivity contribution < 1.29 is 17.9 Å². The quantitative estimate of drug-likeness (QED) is 0.802. The molecule has 1 unspecified atom stereocenters. The minimum Gasteiger partial charge on any atom is -0.368 e. The van der Waals surface area contributed by atoms with Gasteiger partial charge in [-0.25, -0.2) is 13.1 Å². The Morgan fingerprint density at radius 3 is 2.52 bits per heavy atom. The van der Waals surface area contributed by atoms with Crippen LogP contribution in [0.5, 0.6) is 0 Å². The maximum absolute atomic E-state index is 11.8. The molecule has 1 aliphatic rings. The molecule has 1 heterocycles. The number of nitrogens with one attached hydrogen (secondary N) is 2. The zero-order chi connectivity index (χ0) is 15.3. The molecular formula is C14H20N2O4S. The largest absolute Gasteiger partial charge is 0.368 e. The minimum absolute atomic E-state index is 0.0496. The van der Waals surface area contributed by atoms with Crippen molar-refractivity contribution in [2.45, 2.75) is 31.2 Å². The van der Waals surface area contributed by atoms with Crippen molar-refractivity contribution in [1.82, 2.24) is 10.0 Å². The van der Waals surface area contributed by atoms with Gasteiger partial charge in [-0.05, 0) is 31.0 Å². The molecule has 0 bridgehead atoms. The molecule has 21 heavy (non-hydrogen) atoms. The van der Waals surface area contributed by atoms with Crippen molar-refractivity contribution >= 4 is 15.9 Å². The number of carbonyl (C=O) groups is 1. The number of rotatable bonds is 6. The lowest BCUT2D eigenvalue weighted by Gasteiger charge is -2.10. The fourth-order valence-corrected chi connectivity index (χ4v) is 2.91. The molecule has 1 aromatic rings. The average Bonchev–Trinajstić information content (AvgIpc) is 3.00. The normalized spacial score (nSPS) is 18.6. The Morgan fingerprint density at radius 1 is 1.29 bits per heavy atom. The van der Waals surface area contributed by atoms with E-state index < -0.39 is 10.0 Å². The lowest BCUT2D eigenvalue weighted by Crippen LogP contribution is -2.33. The molecule has 2 rings (SSSR count). The van der Waals surface area contributed by atoms with Crippen molar-refractivity contribution in [3.05, 3.63) is 35.4 Å². The molecule has 0 saturated carbocycles. The molecule has 0 radical (unpaired) electrons. The van der Waals surface area contributed by atoms with Crippen LogP contribution in [-0.4, -0.2) is 34.1 Å². The van der Waals surface area contributed by atoms with Gasteiger partial charge in [-0.1, -0.05) is 24.3 Å². The van der Waals surface area contributed by atoms with Gasteiger partial charge in [-0.15, -0.1) is 0 Å². The van der Waals surface area contributed by atoms with Gasteiger partial charge in [-0.2, -0.15) is 0 Å². The summed E-state index contributed by atoms with van der Waals surface area (Å²) in [6.07, 6.45) is 1.37. The molecule has 1 amide bonds. The summed E-state index contributed by atoms with van der Waals surface area (Å²) in [5.41, 5.74) is 1.63. The average molecular weight is 312 g/mol. The van der Waals surface area contributed by atoms with Crippen LogP contribution in [-0.2, 0) is 31.9 Å². The molecule has 6 nitrogen and oxygen atoms in total. The highest BCUT2D eigenvalue weighted by atomic mass is 32.2. The summed E-state index contributed by atoms with van der Waals surface area (Å²) in [6, 6.07) is 7.14. The molecule has 1 aromatic carbocycles. The van der Waals surface area contributed by atoms with E-state index in [1.165, 1.54) is 7.05 Å². The summed E-state index contributed by atoms with van der Waals surface area (Å²) < 4.78 is 30.4. The number of ether oxygens (including phenoxy) is 1. The zero-order valence-electron chi connectivity index (χ0n) is 12.0. The molecule has 0 aromatic heterocycles. The van der Waals surface area contributed by atoms with E-state index in [1.54, 1.807) is 12.1 Å². The Hall–Kier alpha value is -1.44. The van der Waals surface area contributed by atoms with Crippen LogP contribution in [0.4, 0.5) is 0 Å². The summed E-state index contributed by atoms with van der Waals surface area (Å²) in [5, 5.41) is 2.83. The SMILES string of the molecule is CNS(=O)(=O)Cc1ccc(CNC(=O)C2CCCO2)cc1. The van der Waals surface area contributed by atoms with Crippen LogP contribution in [0, 0.1) is 0 Å². The molecule has 1 aliphatic heterocycles. The first kappa shape index (κ1) is 15.9. The van der Waals surface area contributed by atoms with Gasteiger partial charge in [0, 0.05) is 13.2 Å². The first-order chi connectivity index (χ1) is 10.00. The first-order valence-electron chi connectivity index (χ1n) is 6.88. The van der Waals surface area contributed by atoms with Crippen LogP contribution in [0.3, 0.4) is 0 Å². The van der Waals surface area contributed by atoms with Crippen molar-refractivity contribution in [3.8, 4) is 0 Å². The van der Waals surface area contributed by atoms with E-state index in [1.807, 2.05) is 12.1 Å². The number of hydrogen-bond donors (Lipinski definition) is 2. The van der Waals surface area contributed by atoms with Gasteiger partial charge >= 0.3 is 0 Å². The molecular weight excluding hydrogens is 292 g/mol. The van der Waals surface area contributed by atoms with Crippen molar-refractivity contribution in [2.75, 3.05) is 13.7 Å². The van der Waals surface area contributed by atoms with E-state index in [4.69, 9.17) is 4.74 Å². The second kappa shape index (κ2) is 7.02. The zero-order valence-corrected chi connectivity index (χ0v) is 12.8. The predicted molar refractivity (Wildman–Crippen MR) is 78.9 cm³/mol. The molecule has 116 valence electrons. The highest BCUT2D eigenvalue weighted by Crippen LogP contribution is 2.12. The van der Waals surface area contributed by atoms with E-state index in [0.29, 0.717) is 18.7 Å². The summed E-state index contributed by atoms with van der Waals surface area (Å²) in [4.78, 5) is 11.8. The Kier molecular flexibility index (Phi) is 5.33. The molecule has 0 aliphatic carbocycles. The smallest absolute Gasteiger partial charge is 0.249 e. The maximum atomic E-state index is 11.8. The molecule has 1 atom stereocenters. The standard InChI is InChI=1S/C14H20N2O4S/c1-15-21(18,19)10-12-6-4-11(5-7-12)9-16-14(17)13-3-2-8-20-13/h4-7,13,15H,2-3,8-10H2,1H3,(H,16,17). The van der Waals surface area contributed by atoms with Crippen LogP contribution in [0.25, 0.3) is 0 Å². The van der Waals surface area contributed by atoms with Crippen LogP contribution < -0.4 is 10.0 Å². The Labute approximate surface area is 124 Å². The van der Waals surface area contributed by atoms with Crippen LogP contribution in [0.1, 0.15) is 24.0 Å². The Balaban J connectivity index is 1.86. The number of benzene rings is 1. The van der Waals surface area contributed by atoms with E-state index in [-0.39, 0.29) is 17.8 Å². The third-order valence-electron chi connectivity index (χ3n) is 3.38. The number of carbonyl (C=O) groups excluding carboxylic acids is 1. The fourth-order valence-electron chi connectivity index (χ4n) is 2.13. The van der Waals surface area contributed by atoms with E-state index >= 15 is 0 Å². The van der Waals surface area contributed by atoms with Crippen molar-refractivity contribution in [2.24, 2.45) is 0 Å². The van der Waals surface area contributed by atoms with Crippen LogP contribution in [0.15, 0.2) is 24.3 Å². The minimum atomic E-state index is -3.26. The summed E-state index contributed by atoms with van der Waals surface area (Å²) >= 11 is 0. The maximum Gasteiger partial charge on any atom is 0.249 e. The summed E-state index contributed by atoms with van der Waals surface area (Å²) in [5.74, 6) is -0.138. The molecule has 1 saturated heterocycles. The Bertz CT molecular complexity index is 577. The molecule has 0 spiro atoms. The summed E-state index contributed by atoms with van der Waals surface area (Å²) in [6.45, 7) is 1.06. The highest BCUT2D eigenvalue weighted by molar-refractivity contribution is 7.88. The Morgan fingerprint density at radius 2 is 1.95 bits per heavy atom. The van der Waals surface area contributed by atoms with Gasteiger partial charge in [0.15, 0.2) is 0 Å². The second-order valence-electron chi connectivity index (χ2n) is 5.00. The summed E-state index contributed by atoms with van der Waals surface area (Å²) in [7, 11) is -1.87. The second-order valence-corrected chi connectivity index (χ2v) is 6.93. The monoisotopic (exact) mass is 312 g/mol. The van der Waals surface area contributed by atoms with E-state index in [2.05, 4.69) is 10.0 Å².